The molecular weight excluding hydrogens is 246 g/mol. The molecule has 0 bridgehead atoms. The highest BCUT2D eigenvalue weighted by Gasteiger charge is 2.33. The van der Waals surface area contributed by atoms with Crippen molar-refractivity contribution < 1.29 is 0 Å². The summed E-state index contributed by atoms with van der Waals surface area (Å²) in [5.74, 6) is 0.633. The van der Waals surface area contributed by atoms with Crippen molar-refractivity contribution in [3.05, 3.63) is 65.2 Å². The first kappa shape index (κ1) is 12.7. The lowest BCUT2D eigenvalue weighted by Gasteiger charge is -2.26. The zero-order chi connectivity index (χ0) is 12.8. The minimum Gasteiger partial charge on any atom is -0.369 e. The second-order valence-corrected chi connectivity index (χ2v) is 5.09. The van der Waals surface area contributed by atoms with E-state index < -0.39 is 0 Å². The van der Waals surface area contributed by atoms with Crippen LogP contribution in [-0.4, -0.2) is 12.5 Å². The maximum absolute atomic E-state index is 6.11. The molecule has 2 aromatic rings. The van der Waals surface area contributed by atoms with Crippen LogP contribution in [0.15, 0.2) is 53.5 Å². The second-order valence-electron chi connectivity index (χ2n) is 5.09. The maximum Gasteiger partial charge on any atom is 0.196 e. The Labute approximate surface area is 119 Å². The van der Waals surface area contributed by atoms with Gasteiger partial charge in [0.1, 0.15) is 0 Å². The molecule has 1 unspecified atom stereocenters. The molecule has 2 aliphatic heterocycles. The van der Waals surface area contributed by atoms with Crippen LogP contribution in [0.25, 0.3) is 0 Å². The van der Waals surface area contributed by atoms with Crippen LogP contribution in [0.3, 0.4) is 0 Å². The van der Waals surface area contributed by atoms with Crippen molar-refractivity contribution in [2.24, 2.45) is 10.7 Å². The van der Waals surface area contributed by atoms with Gasteiger partial charge in [-0.05, 0) is 29.2 Å². The Kier molecular flexibility index (Phi) is 2.97. The van der Waals surface area contributed by atoms with Gasteiger partial charge in [-0.1, -0.05) is 49.9 Å². The number of hydrogen-bond donors (Lipinski definition) is 1. The van der Waals surface area contributed by atoms with Gasteiger partial charge in [0.05, 0.1) is 12.6 Å². The zero-order valence-electron chi connectivity index (χ0n) is 10.6. The molecule has 20 heavy (non-hydrogen) atoms. The number of rotatable bonds is 0. The smallest absolute Gasteiger partial charge is 0.196 e. The van der Waals surface area contributed by atoms with Gasteiger partial charge in [-0.15, -0.1) is 0 Å². The minimum absolute atomic E-state index is 0. The Balaban J connectivity index is 0.00000121. The molecule has 4 rings (SSSR count). The summed E-state index contributed by atoms with van der Waals surface area (Å²) in [5.41, 5.74) is 11.4. The number of fused-ring (bicyclic) bond motifs is 5. The van der Waals surface area contributed by atoms with E-state index in [4.69, 9.17) is 5.73 Å². The molecule has 102 valence electrons. The molecule has 3 nitrogen and oxygen atoms in total. The van der Waals surface area contributed by atoms with Gasteiger partial charge in [0.2, 0.25) is 0 Å². The van der Waals surface area contributed by atoms with E-state index in [2.05, 4.69) is 58.4 Å². The van der Waals surface area contributed by atoms with E-state index in [1.165, 1.54) is 22.4 Å². The van der Waals surface area contributed by atoms with Crippen LogP contribution in [0.4, 0.5) is 5.69 Å². The molecule has 2 aliphatic rings. The highest BCUT2D eigenvalue weighted by atomic mass is 15.3. The highest BCUT2D eigenvalue weighted by Crippen LogP contribution is 2.39. The van der Waals surface area contributed by atoms with Crippen molar-refractivity contribution in [2.75, 3.05) is 11.4 Å². The highest BCUT2D eigenvalue weighted by molar-refractivity contribution is 5.98. The Morgan fingerprint density at radius 2 is 1.70 bits per heavy atom. The lowest BCUT2D eigenvalue weighted by atomic mass is 9.97. The number of aliphatic imine (C=N–C) groups is 1. The first-order valence-electron chi connectivity index (χ1n) is 6.59. The van der Waals surface area contributed by atoms with Gasteiger partial charge in [-0.2, -0.15) is 0 Å². The number of para-hydroxylation sites is 1. The van der Waals surface area contributed by atoms with E-state index in [-0.39, 0.29) is 13.5 Å². The lowest BCUT2D eigenvalue weighted by molar-refractivity contribution is 0.768. The maximum atomic E-state index is 6.11. The number of anilines is 1. The Bertz CT molecular complexity index is 675. The number of hydrogen-bond acceptors (Lipinski definition) is 3. The van der Waals surface area contributed by atoms with Crippen LogP contribution in [0.2, 0.25) is 0 Å². The van der Waals surface area contributed by atoms with Crippen molar-refractivity contribution in [3.8, 4) is 0 Å². The van der Waals surface area contributed by atoms with Gasteiger partial charge in [-0.25, -0.2) is 0 Å². The van der Waals surface area contributed by atoms with Gasteiger partial charge in [0.15, 0.2) is 5.96 Å². The van der Waals surface area contributed by atoms with Crippen molar-refractivity contribution in [1.82, 2.24) is 0 Å². The van der Waals surface area contributed by atoms with E-state index in [1.54, 1.807) is 0 Å². The van der Waals surface area contributed by atoms with E-state index in [0.717, 1.165) is 13.0 Å². The van der Waals surface area contributed by atoms with Crippen molar-refractivity contribution in [3.63, 3.8) is 0 Å². The predicted molar refractivity (Wildman–Crippen MR) is 84.1 cm³/mol. The van der Waals surface area contributed by atoms with Gasteiger partial charge < -0.3 is 10.6 Å². The molecule has 0 radical (unpaired) electrons. The Morgan fingerprint density at radius 1 is 1.00 bits per heavy atom. The van der Waals surface area contributed by atoms with Gasteiger partial charge >= 0.3 is 0 Å². The van der Waals surface area contributed by atoms with Gasteiger partial charge in [0, 0.05) is 5.69 Å². The normalized spacial score (nSPS) is 19.1. The lowest BCUT2D eigenvalue weighted by Crippen LogP contribution is -2.36. The third kappa shape index (κ3) is 1.70. The summed E-state index contributed by atoms with van der Waals surface area (Å²) in [4.78, 5) is 6.62. The number of guanidine groups is 1. The quantitative estimate of drug-likeness (QED) is 0.795. The molecule has 0 saturated heterocycles. The molecule has 3 heteroatoms. The van der Waals surface area contributed by atoms with Crippen LogP contribution < -0.4 is 10.6 Å². The number of benzene rings is 2. The summed E-state index contributed by atoms with van der Waals surface area (Å²) >= 11 is 0. The molecule has 0 fully saturated rings. The molecule has 0 aromatic heterocycles. The van der Waals surface area contributed by atoms with Crippen molar-refractivity contribution in [1.29, 1.82) is 0 Å². The van der Waals surface area contributed by atoms with Crippen molar-refractivity contribution in [2.45, 2.75) is 19.9 Å². The summed E-state index contributed by atoms with van der Waals surface area (Å²) in [6, 6.07) is 17.3. The molecule has 2 N–H and O–H groups in total. The molecule has 0 spiro atoms. The van der Waals surface area contributed by atoms with Crippen LogP contribution >= 0.6 is 0 Å². The fraction of sp³-hybridized carbons (Fsp3) is 0.235. The number of nitrogens with zero attached hydrogens (tertiary/aromatic N) is 2. The largest absolute Gasteiger partial charge is 0.369 e. The molecule has 1 atom stereocenters. The van der Waals surface area contributed by atoms with Gasteiger partial charge in [-0.3, -0.25) is 4.99 Å². The van der Waals surface area contributed by atoms with E-state index in [1.807, 2.05) is 0 Å². The van der Waals surface area contributed by atoms with Crippen LogP contribution in [0, 0.1) is 0 Å². The predicted octanol–water partition coefficient (Wildman–Crippen LogP) is 3.10. The standard InChI is InChI=1S/C16H15N3.CH4/c17-16-18-10-15-13-7-3-1-5-11(13)9-12-6-2-4-8-14(12)19(15)16;/h1-8,15H,9-10H2,(H2,17,18);1H4. The molecular formula is C17H19N3. The molecule has 2 aromatic carbocycles. The van der Waals surface area contributed by atoms with E-state index >= 15 is 0 Å². The second kappa shape index (κ2) is 4.67. The van der Waals surface area contributed by atoms with Gasteiger partial charge in [0.25, 0.3) is 0 Å². The van der Waals surface area contributed by atoms with Crippen LogP contribution in [0.1, 0.15) is 30.2 Å². The summed E-state index contributed by atoms with van der Waals surface area (Å²) in [6.45, 7) is 0.747. The molecule has 0 amide bonds. The zero-order valence-corrected chi connectivity index (χ0v) is 10.6. The summed E-state index contributed by atoms with van der Waals surface area (Å²) in [6.07, 6.45) is 0.965. The van der Waals surface area contributed by atoms with E-state index in [9.17, 15) is 0 Å². The SMILES string of the molecule is C.NC1=NCC2c3ccccc3Cc3ccccc3N12. The minimum atomic E-state index is 0. The number of nitrogens with two attached hydrogens (primary N) is 1. The third-order valence-electron chi connectivity index (χ3n) is 4.03. The Morgan fingerprint density at radius 3 is 2.55 bits per heavy atom. The van der Waals surface area contributed by atoms with Crippen LogP contribution in [-0.2, 0) is 6.42 Å². The van der Waals surface area contributed by atoms with Crippen molar-refractivity contribution >= 4 is 11.6 Å². The molecule has 2 heterocycles. The average molecular weight is 265 g/mol. The third-order valence-corrected chi connectivity index (χ3v) is 4.03. The summed E-state index contributed by atoms with van der Waals surface area (Å²) < 4.78 is 0. The summed E-state index contributed by atoms with van der Waals surface area (Å²) in [7, 11) is 0. The fourth-order valence-corrected chi connectivity index (χ4v) is 3.15. The first-order valence-corrected chi connectivity index (χ1v) is 6.59. The van der Waals surface area contributed by atoms with E-state index in [0.29, 0.717) is 5.96 Å². The van der Waals surface area contributed by atoms with Crippen LogP contribution in [0.5, 0.6) is 0 Å². The first-order chi connectivity index (χ1) is 9.34. The summed E-state index contributed by atoms with van der Waals surface area (Å²) in [5, 5.41) is 0. The monoisotopic (exact) mass is 265 g/mol. The molecule has 0 aliphatic carbocycles. The Hall–Kier alpha value is -2.29. The average Bonchev–Trinajstić information content (AvgIpc) is 2.75. The fourth-order valence-electron chi connectivity index (χ4n) is 3.15. The topological polar surface area (TPSA) is 41.6 Å². The molecule has 0 saturated carbocycles.